The standard InChI is InChI=1S/C13H16N2O4/c16-11-7-9(3-4-10(11)12(17)18)15-13(19)14-6-5-8-1-2-8/h3-4,7-8,16H,1-2,5-6H2,(H,17,18)(H2,14,15,19). The quantitative estimate of drug-likeness (QED) is 0.653. The molecule has 2 amide bonds. The summed E-state index contributed by atoms with van der Waals surface area (Å²) in [5.41, 5.74) is 0.158. The predicted octanol–water partition coefficient (Wildman–Crippen LogP) is 2.01. The van der Waals surface area contributed by atoms with E-state index in [1.165, 1.54) is 31.0 Å². The van der Waals surface area contributed by atoms with Gasteiger partial charge in [-0.25, -0.2) is 9.59 Å². The van der Waals surface area contributed by atoms with Gasteiger partial charge in [-0.05, 0) is 24.5 Å². The Kier molecular flexibility index (Phi) is 3.89. The summed E-state index contributed by atoms with van der Waals surface area (Å²) in [4.78, 5) is 22.2. The molecule has 0 radical (unpaired) electrons. The van der Waals surface area contributed by atoms with Crippen molar-refractivity contribution in [2.75, 3.05) is 11.9 Å². The van der Waals surface area contributed by atoms with E-state index in [1.54, 1.807) is 0 Å². The van der Waals surface area contributed by atoms with Gasteiger partial charge in [-0.1, -0.05) is 12.8 Å². The van der Waals surface area contributed by atoms with Gasteiger partial charge in [0.2, 0.25) is 0 Å². The van der Waals surface area contributed by atoms with Crippen LogP contribution < -0.4 is 10.6 Å². The average molecular weight is 264 g/mol. The van der Waals surface area contributed by atoms with Crippen LogP contribution in [0, 0.1) is 5.92 Å². The summed E-state index contributed by atoms with van der Waals surface area (Å²) in [6.07, 6.45) is 3.47. The molecule has 0 atom stereocenters. The number of carboxylic acids is 1. The highest BCUT2D eigenvalue weighted by molar-refractivity contribution is 5.93. The van der Waals surface area contributed by atoms with Crippen LogP contribution >= 0.6 is 0 Å². The van der Waals surface area contributed by atoms with Crippen LogP contribution in [0.25, 0.3) is 0 Å². The van der Waals surface area contributed by atoms with Crippen molar-refractivity contribution >= 4 is 17.7 Å². The fourth-order valence-electron chi connectivity index (χ4n) is 1.76. The molecule has 0 saturated heterocycles. The molecule has 19 heavy (non-hydrogen) atoms. The van der Waals surface area contributed by atoms with E-state index >= 15 is 0 Å². The van der Waals surface area contributed by atoms with Gasteiger partial charge in [0.1, 0.15) is 11.3 Å². The number of anilines is 1. The highest BCUT2D eigenvalue weighted by Gasteiger charge is 2.20. The van der Waals surface area contributed by atoms with E-state index in [0.29, 0.717) is 12.2 Å². The number of amides is 2. The molecule has 0 bridgehead atoms. The Morgan fingerprint density at radius 3 is 2.63 bits per heavy atom. The number of hydrogen-bond acceptors (Lipinski definition) is 3. The third-order valence-electron chi connectivity index (χ3n) is 3.02. The van der Waals surface area contributed by atoms with Gasteiger partial charge in [0.25, 0.3) is 0 Å². The maximum Gasteiger partial charge on any atom is 0.339 e. The van der Waals surface area contributed by atoms with E-state index in [4.69, 9.17) is 5.11 Å². The van der Waals surface area contributed by atoms with Crippen molar-refractivity contribution in [3.8, 4) is 5.75 Å². The Morgan fingerprint density at radius 2 is 2.05 bits per heavy atom. The van der Waals surface area contributed by atoms with E-state index in [-0.39, 0.29) is 17.3 Å². The molecule has 1 aromatic rings. The Balaban J connectivity index is 1.85. The lowest BCUT2D eigenvalue weighted by Crippen LogP contribution is -2.29. The molecule has 0 unspecified atom stereocenters. The molecule has 1 saturated carbocycles. The first kappa shape index (κ1) is 13.2. The molecule has 1 aliphatic carbocycles. The number of benzene rings is 1. The first-order valence-corrected chi connectivity index (χ1v) is 6.17. The summed E-state index contributed by atoms with van der Waals surface area (Å²) in [7, 11) is 0. The van der Waals surface area contributed by atoms with E-state index in [1.807, 2.05) is 0 Å². The van der Waals surface area contributed by atoms with Gasteiger partial charge in [-0.2, -0.15) is 0 Å². The lowest BCUT2D eigenvalue weighted by Gasteiger charge is -2.08. The van der Waals surface area contributed by atoms with E-state index in [0.717, 1.165) is 12.3 Å². The van der Waals surface area contributed by atoms with Crippen LogP contribution in [0.4, 0.5) is 10.5 Å². The largest absolute Gasteiger partial charge is 0.507 e. The van der Waals surface area contributed by atoms with Crippen molar-refractivity contribution in [3.05, 3.63) is 23.8 Å². The number of carbonyl (C=O) groups excluding carboxylic acids is 1. The van der Waals surface area contributed by atoms with Crippen LogP contribution in [-0.2, 0) is 0 Å². The van der Waals surface area contributed by atoms with E-state index < -0.39 is 5.97 Å². The second-order valence-corrected chi connectivity index (χ2v) is 4.65. The fourth-order valence-corrected chi connectivity index (χ4v) is 1.76. The Labute approximate surface area is 110 Å². The second kappa shape index (κ2) is 5.60. The van der Waals surface area contributed by atoms with Crippen molar-refractivity contribution in [1.82, 2.24) is 5.32 Å². The van der Waals surface area contributed by atoms with Gasteiger partial charge in [-0.15, -0.1) is 0 Å². The number of aromatic hydroxyl groups is 1. The first-order chi connectivity index (χ1) is 9.06. The zero-order valence-corrected chi connectivity index (χ0v) is 10.3. The summed E-state index contributed by atoms with van der Waals surface area (Å²) in [6.45, 7) is 0.621. The normalized spacial score (nSPS) is 13.9. The molecule has 4 N–H and O–H groups in total. The zero-order chi connectivity index (χ0) is 13.8. The number of carbonyl (C=O) groups is 2. The SMILES string of the molecule is O=C(NCCC1CC1)Nc1ccc(C(=O)O)c(O)c1. The Bertz CT molecular complexity index is 497. The van der Waals surface area contributed by atoms with Crippen LogP contribution in [0.1, 0.15) is 29.6 Å². The minimum atomic E-state index is -1.21. The molecule has 0 spiro atoms. The average Bonchev–Trinajstić information content (AvgIpc) is 3.12. The molecule has 6 nitrogen and oxygen atoms in total. The van der Waals surface area contributed by atoms with Crippen molar-refractivity contribution < 1.29 is 19.8 Å². The highest BCUT2D eigenvalue weighted by Crippen LogP contribution is 2.31. The number of rotatable bonds is 5. The number of phenols is 1. The summed E-state index contributed by atoms with van der Waals surface area (Å²) in [5.74, 6) is -0.833. The number of carboxylic acid groups (broad SMARTS) is 1. The molecule has 2 rings (SSSR count). The van der Waals surface area contributed by atoms with Crippen LogP contribution in [0.2, 0.25) is 0 Å². The van der Waals surface area contributed by atoms with Gasteiger partial charge in [0.15, 0.2) is 0 Å². The molecule has 102 valence electrons. The molecule has 0 aliphatic heterocycles. The van der Waals surface area contributed by atoms with Crippen LogP contribution in [0.5, 0.6) is 5.75 Å². The van der Waals surface area contributed by atoms with Crippen molar-refractivity contribution in [2.45, 2.75) is 19.3 Å². The highest BCUT2D eigenvalue weighted by atomic mass is 16.4. The molecular weight excluding hydrogens is 248 g/mol. The molecule has 0 heterocycles. The van der Waals surface area contributed by atoms with Gasteiger partial charge >= 0.3 is 12.0 Å². The summed E-state index contributed by atoms with van der Waals surface area (Å²) >= 11 is 0. The topological polar surface area (TPSA) is 98.7 Å². The van der Waals surface area contributed by atoms with E-state index in [2.05, 4.69) is 10.6 Å². The second-order valence-electron chi connectivity index (χ2n) is 4.65. The monoisotopic (exact) mass is 264 g/mol. The molecule has 1 fully saturated rings. The molecular formula is C13H16N2O4. The third kappa shape index (κ3) is 3.87. The van der Waals surface area contributed by atoms with E-state index in [9.17, 15) is 14.7 Å². The molecule has 0 aromatic heterocycles. The molecule has 1 aliphatic rings. The van der Waals surface area contributed by atoms with Gasteiger partial charge in [-0.3, -0.25) is 0 Å². The summed E-state index contributed by atoms with van der Waals surface area (Å²) in [5, 5.41) is 23.5. The maximum atomic E-state index is 11.5. The smallest absolute Gasteiger partial charge is 0.339 e. The van der Waals surface area contributed by atoms with Crippen molar-refractivity contribution in [2.24, 2.45) is 5.92 Å². The van der Waals surface area contributed by atoms with Gasteiger partial charge in [0, 0.05) is 18.3 Å². The number of aromatic carboxylic acids is 1. The first-order valence-electron chi connectivity index (χ1n) is 6.17. The zero-order valence-electron chi connectivity index (χ0n) is 10.3. The van der Waals surface area contributed by atoms with Crippen molar-refractivity contribution in [1.29, 1.82) is 0 Å². The Hall–Kier alpha value is -2.24. The lowest BCUT2D eigenvalue weighted by molar-refractivity contribution is 0.0694. The van der Waals surface area contributed by atoms with Crippen molar-refractivity contribution in [3.63, 3.8) is 0 Å². The molecule has 6 heteroatoms. The maximum absolute atomic E-state index is 11.5. The number of hydrogen-bond donors (Lipinski definition) is 4. The number of nitrogens with one attached hydrogen (secondary N) is 2. The fraction of sp³-hybridized carbons (Fsp3) is 0.385. The lowest BCUT2D eigenvalue weighted by atomic mass is 10.2. The predicted molar refractivity (Wildman–Crippen MR) is 69.4 cm³/mol. The minimum absolute atomic E-state index is 0.195. The minimum Gasteiger partial charge on any atom is -0.507 e. The van der Waals surface area contributed by atoms with Gasteiger partial charge in [0.05, 0.1) is 0 Å². The van der Waals surface area contributed by atoms with Gasteiger partial charge < -0.3 is 20.8 Å². The number of urea groups is 1. The Morgan fingerprint density at radius 1 is 1.32 bits per heavy atom. The van der Waals surface area contributed by atoms with Crippen LogP contribution in [0.3, 0.4) is 0 Å². The van der Waals surface area contributed by atoms with Crippen LogP contribution in [-0.4, -0.2) is 28.8 Å². The van der Waals surface area contributed by atoms with Crippen LogP contribution in [0.15, 0.2) is 18.2 Å². The third-order valence-corrected chi connectivity index (χ3v) is 3.02. The summed E-state index contributed by atoms with van der Waals surface area (Å²) in [6, 6.07) is 3.54. The summed E-state index contributed by atoms with van der Waals surface area (Å²) < 4.78 is 0. The molecule has 1 aromatic carbocycles.